The second-order valence-electron chi connectivity index (χ2n) is 11.8. The van der Waals surface area contributed by atoms with Gasteiger partial charge in [0.15, 0.2) is 0 Å². The number of amides is 2. The van der Waals surface area contributed by atoms with Crippen molar-refractivity contribution in [3.8, 4) is 5.75 Å². The van der Waals surface area contributed by atoms with Crippen molar-refractivity contribution in [3.05, 3.63) is 99.5 Å². The number of imide groups is 1. The number of phenols is 1. The van der Waals surface area contributed by atoms with E-state index in [1.54, 1.807) is 24.3 Å². The molecule has 0 unspecified atom stereocenters. The van der Waals surface area contributed by atoms with Gasteiger partial charge in [0.05, 0.1) is 23.6 Å². The zero-order chi connectivity index (χ0) is 31.1. The van der Waals surface area contributed by atoms with E-state index in [4.69, 9.17) is 4.65 Å². The Morgan fingerprint density at radius 1 is 1.05 bits per heavy atom. The zero-order valence-corrected chi connectivity index (χ0v) is 25.7. The van der Waals surface area contributed by atoms with Gasteiger partial charge in [-0.25, -0.2) is 0 Å². The quantitative estimate of drug-likeness (QED) is 0.130. The van der Waals surface area contributed by atoms with Crippen LogP contribution in [-0.2, 0) is 14.2 Å². The van der Waals surface area contributed by atoms with Gasteiger partial charge < -0.3 is 24.8 Å². The highest BCUT2D eigenvalue weighted by molar-refractivity contribution is 9.10. The third kappa shape index (κ3) is 5.82. The van der Waals surface area contributed by atoms with Crippen molar-refractivity contribution in [1.29, 1.82) is 0 Å². The predicted molar refractivity (Wildman–Crippen MR) is 174 cm³/mol. The Balaban J connectivity index is 1.30. The first-order chi connectivity index (χ1) is 21.1. The molecule has 6 rings (SSSR count). The number of benzene rings is 3. The fraction of sp³-hybridized carbons (Fsp3) is 0.273. The molecular weight excluding hydrogens is 624 g/mol. The Morgan fingerprint density at radius 2 is 1.82 bits per heavy atom. The molecule has 2 saturated heterocycles. The van der Waals surface area contributed by atoms with Crippen LogP contribution in [0.4, 0.5) is 5.69 Å². The summed E-state index contributed by atoms with van der Waals surface area (Å²) < 4.78 is 6.96. The van der Waals surface area contributed by atoms with Gasteiger partial charge in [0.2, 0.25) is 11.8 Å². The zero-order valence-electron chi connectivity index (χ0n) is 24.1. The van der Waals surface area contributed by atoms with Crippen molar-refractivity contribution in [1.82, 2.24) is 0 Å². The summed E-state index contributed by atoms with van der Waals surface area (Å²) in [5, 5.41) is 40.7. The molecule has 0 radical (unpaired) electrons. The van der Waals surface area contributed by atoms with Crippen LogP contribution < -0.4 is 10.4 Å². The number of halogens is 1. The minimum absolute atomic E-state index is 0.163. The smallest absolute Gasteiger partial charge is 0.488 e. The van der Waals surface area contributed by atoms with Crippen LogP contribution in [0.1, 0.15) is 37.3 Å². The van der Waals surface area contributed by atoms with E-state index in [0.717, 1.165) is 31.7 Å². The van der Waals surface area contributed by atoms with Crippen LogP contribution in [-0.4, -0.2) is 52.3 Å². The minimum atomic E-state index is -1.73. The molecular formula is C33H32B2BrNO7. The van der Waals surface area contributed by atoms with Gasteiger partial charge >= 0.3 is 14.2 Å². The molecule has 3 aromatic rings. The number of anilines is 1. The van der Waals surface area contributed by atoms with Crippen molar-refractivity contribution in [3.63, 3.8) is 0 Å². The Labute approximate surface area is 265 Å². The molecule has 8 nitrogen and oxygen atoms in total. The SMILES string of the molecule is CC1=C2[C@@H](CC/C(=C/c3cc(Br)ccc3O)c3ccccc3)OB(O)C[C@@H]2[C@@H]2C(=O)N(c3cccc(B(O)O)c3)C(=O)[C@@H]2C1. The van der Waals surface area contributed by atoms with Crippen LogP contribution in [0.2, 0.25) is 6.32 Å². The Kier molecular flexibility index (Phi) is 8.68. The topological polar surface area (TPSA) is 128 Å². The molecule has 0 bridgehead atoms. The Bertz CT molecular complexity index is 1660. The van der Waals surface area contributed by atoms with Crippen LogP contribution in [0.15, 0.2) is 88.4 Å². The number of fused-ring (bicyclic) bond motifs is 3. The molecule has 3 aromatic carbocycles. The molecule has 1 aliphatic carbocycles. The maximum absolute atomic E-state index is 13.9. The molecule has 0 aromatic heterocycles. The van der Waals surface area contributed by atoms with Crippen molar-refractivity contribution in [2.75, 3.05) is 4.90 Å². The van der Waals surface area contributed by atoms with Gasteiger partial charge in [-0.2, -0.15) is 0 Å². The first-order valence-corrected chi connectivity index (χ1v) is 15.5. The number of hydrogen-bond donors (Lipinski definition) is 4. The van der Waals surface area contributed by atoms with E-state index < -0.39 is 32.2 Å². The van der Waals surface area contributed by atoms with E-state index in [0.29, 0.717) is 30.5 Å². The number of phenolic OH excluding ortho intramolecular Hbond substituents is 1. The van der Waals surface area contributed by atoms with E-state index in [2.05, 4.69) is 15.9 Å². The number of carbonyl (C=O) groups excluding carboxylic acids is 2. The van der Waals surface area contributed by atoms with Gasteiger partial charge in [-0.15, -0.1) is 0 Å². The van der Waals surface area contributed by atoms with E-state index in [-0.39, 0.29) is 35.3 Å². The summed E-state index contributed by atoms with van der Waals surface area (Å²) in [6.07, 6.45) is 3.20. The normalized spacial score (nSPS) is 23.6. The van der Waals surface area contributed by atoms with E-state index in [1.807, 2.05) is 49.4 Å². The van der Waals surface area contributed by atoms with E-state index in [9.17, 15) is 29.8 Å². The van der Waals surface area contributed by atoms with Crippen molar-refractivity contribution in [2.24, 2.45) is 17.8 Å². The van der Waals surface area contributed by atoms with E-state index in [1.165, 1.54) is 12.1 Å². The predicted octanol–water partition coefficient (Wildman–Crippen LogP) is 4.18. The molecule has 2 aliphatic heterocycles. The summed E-state index contributed by atoms with van der Waals surface area (Å²) in [7, 11) is -2.82. The first-order valence-electron chi connectivity index (χ1n) is 14.7. The van der Waals surface area contributed by atoms with Gasteiger partial charge in [-0.1, -0.05) is 64.0 Å². The lowest BCUT2D eigenvalue weighted by Gasteiger charge is -2.42. The van der Waals surface area contributed by atoms with Gasteiger partial charge in [0.1, 0.15) is 5.75 Å². The van der Waals surface area contributed by atoms with Crippen molar-refractivity contribution >= 4 is 64.8 Å². The molecule has 4 N–H and O–H groups in total. The Hall–Kier alpha value is -3.47. The average Bonchev–Trinajstić information content (AvgIpc) is 3.25. The number of carbonyl (C=O) groups is 2. The van der Waals surface area contributed by atoms with Crippen molar-refractivity contribution in [2.45, 2.75) is 38.6 Å². The van der Waals surface area contributed by atoms with Gasteiger partial charge in [0, 0.05) is 10.0 Å². The minimum Gasteiger partial charge on any atom is -0.507 e. The lowest BCUT2D eigenvalue weighted by molar-refractivity contribution is -0.122. The fourth-order valence-electron chi connectivity index (χ4n) is 7.07. The molecule has 0 spiro atoms. The van der Waals surface area contributed by atoms with Crippen LogP contribution >= 0.6 is 15.9 Å². The highest BCUT2D eigenvalue weighted by Gasteiger charge is 2.57. The van der Waals surface area contributed by atoms with Crippen LogP contribution in [0, 0.1) is 17.8 Å². The second kappa shape index (κ2) is 12.5. The second-order valence-corrected chi connectivity index (χ2v) is 12.7. The van der Waals surface area contributed by atoms with Crippen LogP contribution in [0.3, 0.4) is 0 Å². The number of aromatic hydroxyl groups is 1. The summed E-state index contributed by atoms with van der Waals surface area (Å²) in [5.74, 6) is -2.08. The summed E-state index contributed by atoms with van der Waals surface area (Å²) in [5.41, 5.74) is 5.10. The number of hydrogen-bond acceptors (Lipinski definition) is 7. The lowest BCUT2D eigenvalue weighted by atomic mass is 9.58. The van der Waals surface area contributed by atoms with Crippen LogP contribution in [0.25, 0.3) is 11.6 Å². The maximum Gasteiger partial charge on any atom is 0.488 e. The van der Waals surface area contributed by atoms with Gasteiger partial charge in [-0.3, -0.25) is 14.5 Å². The summed E-state index contributed by atoms with van der Waals surface area (Å²) in [4.78, 5) is 28.7. The average molecular weight is 656 g/mol. The monoisotopic (exact) mass is 655 g/mol. The third-order valence-corrected chi connectivity index (χ3v) is 9.51. The molecule has 2 fully saturated rings. The molecule has 2 amide bonds. The molecule has 11 heteroatoms. The standard InChI is InChI=1S/C33H32B2BrNO7/c1-19-14-26-31(33(40)37(32(26)39)25-9-5-8-23(17-25)35(42)43)27-18-34(41)44-29(30(19)27)13-10-21(20-6-3-2-4-7-20)15-22-16-24(36)11-12-28(22)38/h2-9,11-12,15-17,26-27,29,31,38,41-43H,10,13-14,18H2,1H3/b21-15-/t26-,27+,29-,31-/m1/s1. The lowest BCUT2D eigenvalue weighted by Crippen LogP contribution is -2.46. The Morgan fingerprint density at radius 3 is 2.57 bits per heavy atom. The highest BCUT2D eigenvalue weighted by Crippen LogP contribution is 2.51. The van der Waals surface area contributed by atoms with Gasteiger partial charge in [-0.05, 0) is 97.0 Å². The molecule has 3 aliphatic rings. The third-order valence-electron chi connectivity index (χ3n) is 9.02. The van der Waals surface area contributed by atoms with E-state index >= 15 is 0 Å². The fourth-order valence-corrected chi connectivity index (χ4v) is 7.45. The molecule has 4 atom stereocenters. The van der Waals surface area contributed by atoms with Crippen LogP contribution in [0.5, 0.6) is 5.75 Å². The maximum atomic E-state index is 13.9. The largest absolute Gasteiger partial charge is 0.507 e. The highest BCUT2D eigenvalue weighted by atomic mass is 79.9. The molecule has 0 saturated carbocycles. The molecule has 2 heterocycles. The van der Waals surface area contributed by atoms with Gasteiger partial charge in [0.25, 0.3) is 0 Å². The summed E-state index contributed by atoms with van der Waals surface area (Å²) in [6.45, 7) is 1.98. The number of rotatable bonds is 7. The summed E-state index contributed by atoms with van der Waals surface area (Å²) in [6, 6.07) is 21.3. The molecule has 224 valence electrons. The number of allylic oxidation sites excluding steroid dienone is 2. The summed E-state index contributed by atoms with van der Waals surface area (Å²) >= 11 is 3.48. The molecule has 44 heavy (non-hydrogen) atoms. The number of nitrogens with zero attached hydrogens (tertiary/aromatic N) is 1. The van der Waals surface area contributed by atoms with Crippen molar-refractivity contribution < 1.29 is 34.4 Å². The first kappa shape index (κ1) is 30.6.